The van der Waals surface area contributed by atoms with Gasteiger partial charge in [-0.1, -0.05) is 0 Å². The Balaban J connectivity index is 1.52. The standard InChI is InChI=1S/C21H29N5O3/c1-29-20(28)21(6-7-24-19(21)27)9-12(10-22)8-16-25-11-15(26-16)18(23)17(13-2-3-13)14-4-5-14/h8,10-11,13-14,17-18,22H,2-7,9,23H2,1H3,(H,24,27)(H,25,26)/b12-8-,22-10?. The Morgan fingerprint density at radius 1 is 1.41 bits per heavy atom. The maximum atomic E-state index is 12.4. The number of aromatic amines is 1. The van der Waals surface area contributed by atoms with Crippen molar-refractivity contribution in [2.75, 3.05) is 13.7 Å². The number of amides is 1. The minimum Gasteiger partial charge on any atom is -0.468 e. The molecule has 1 amide bonds. The van der Waals surface area contributed by atoms with Gasteiger partial charge in [0.1, 0.15) is 5.82 Å². The Morgan fingerprint density at radius 2 is 2.10 bits per heavy atom. The second-order valence-corrected chi connectivity index (χ2v) is 8.62. The van der Waals surface area contributed by atoms with Crippen LogP contribution in [0, 0.1) is 28.6 Å². The molecule has 0 bridgehead atoms. The highest BCUT2D eigenvalue weighted by Crippen LogP contribution is 2.53. The molecule has 1 saturated heterocycles. The number of ether oxygens (including phenoxy) is 1. The molecule has 0 spiro atoms. The summed E-state index contributed by atoms with van der Waals surface area (Å²) in [5.74, 6) is 1.64. The predicted molar refractivity (Wildman–Crippen MR) is 108 cm³/mol. The van der Waals surface area contributed by atoms with Crippen molar-refractivity contribution >= 4 is 24.2 Å². The molecule has 29 heavy (non-hydrogen) atoms. The van der Waals surface area contributed by atoms with Crippen LogP contribution < -0.4 is 11.1 Å². The van der Waals surface area contributed by atoms with Gasteiger partial charge in [-0.05, 0) is 67.9 Å². The lowest BCUT2D eigenvalue weighted by molar-refractivity contribution is -0.156. The quantitative estimate of drug-likeness (QED) is 0.286. The molecule has 2 aliphatic carbocycles. The Labute approximate surface area is 170 Å². The van der Waals surface area contributed by atoms with Gasteiger partial charge in [0.05, 0.1) is 19.0 Å². The molecule has 0 radical (unpaired) electrons. The fourth-order valence-corrected chi connectivity index (χ4v) is 4.71. The van der Waals surface area contributed by atoms with E-state index >= 15 is 0 Å². The van der Waals surface area contributed by atoms with Gasteiger partial charge in [0, 0.05) is 18.8 Å². The minimum absolute atomic E-state index is 0.0601. The van der Waals surface area contributed by atoms with Gasteiger partial charge in [-0.25, -0.2) is 4.98 Å². The van der Waals surface area contributed by atoms with Crippen molar-refractivity contribution in [3.8, 4) is 0 Å². The molecule has 2 unspecified atom stereocenters. The zero-order valence-corrected chi connectivity index (χ0v) is 16.7. The number of nitrogens with two attached hydrogens (primary N) is 1. The maximum Gasteiger partial charge on any atom is 0.321 e. The number of rotatable bonds is 9. The minimum atomic E-state index is -1.28. The van der Waals surface area contributed by atoms with Crippen molar-refractivity contribution in [2.24, 2.45) is 28.9 Å². The first-order valence-electron chi connectivity index (χ1n) is 10.4. The lowest BCUT2D eigenvalue weighted by Gasteiger charge is -2.23. The number of nitrogens with zero attached hydrogens (tertiary/aromatic N) is 1. The van der Waals surface area contributed by atoms with E-state index in [1.54, 1.807) is 12.3 Å². The van der Waals surface area contributed by atoms with Crippen molar-refractivity contribution in [2.45, 2.75) is 44.6 Å². The summed E-state index contributed by atoms with van der Waals surface area (Å²) in [5.41, 5.74) is 6.73. The molecule has 2 heterocycles. The Bertz CT molecular complexity index is 827. The number of imidazole rings is 1. The van der Waals surface area contributed by atoms with Crippen LogP contribution in [0.4, 0.5) is 0 Å². The number of nitrogens with one attached hydrogen (secondary N) is 3. The predicted octanol–water partition coefficient (Wildman–Crippen LogP) is 1.95. The highest BCUT2D eigenvalue weighted by atomic mass is 16.5. The van der Waals surface area contributed by atoms with Crippen molar-refractivity contribution < 1.29 is 14.3 Å². The number of hydrogen-bond acceptors (Lipinski definition) is 6. The SMILES string of the molecule is COC(=O)C1(C/C(C=N)=C/c2ncc(C(N)C(C3CC3)C3CC3)[nH]2)CCNC1=O. The summed E-state index contributed by atoms with van der Waals surface area (Å²) >= 11 is 0. The number of hydrogen-bond donors (Lipinski definition) is 4. The largest absolute Gasteiger partial charge is 0.468 e. The second kappa shape index (κ2) is 7.74. The van der Waals surface area contributed by atoms with Crippen molar-refractivity contribution in [3.63, 3.8) is 0 Å². The Hall–Kier alpha value is -2.48. The first kappa shape index (κ1) is 19.8. The van der Waals surface area contributed by atoms with Crippen molar-refractivity contribution in [3.05, 3.63) is 23.3 Å². The molecule has 156 valence electrons. The summed E-state index contributed by atoms with van der Waals surface area (Å²) in [6.45, 7) is 0.419. The fraction of sp³-hybridized carbons (Fsp3) is 0.619. The molecule has 2 atom stereocenters. The van der Waals surface area contributed by atoms with E-state index in [4.69, 9.17) is 15.9 Å². The summed E-state index contributed by atoms with van der Waals surface area (Å²) in [4.78, 5) is 32.4. The summed E-state index contributed by atoms with van der Waals surface area (Å²) < 4.78 is 4.88. The second-order valence-electron chi connectivity index (χ2n) is 8.62. The molecular formula is C21H29N5O3. The van der Waals surface area contributed by atoms with Crippen LogP contribution in [0.2, 0.25) is 0 Å². The van der Waals surface area contributed by atoms with E-state index < -0.39 is 11.4 Å². The lowest BCUT2D eigenvalue weighted by atomic mass is 9.80. The van der Waals surface area contributed by atoms with E-state index in [1.165, 1.54) is 32.8 Å². The molecule has 1 aromatic rings. The highest BCUT2D eigenvalue weighted by molar-refractivity contribution is 6.05. The third-order valence-corrected chi connectivity index (χ3v) is 6.58. The summed E-state index contributed by atoms with van der Waals surface area (Å²) in [6, 6.07) is -0.0601. The average molecular weight is 399 g/mol. The fourth-order valence-electron chi connectivity index (χ4n) is 4.71. The zero-order chi connectivity index (χ0) is 20.6. The molecule has 4 rings (SSSR count). The molecule has 1 aliphatic heterocycles. The molecular weight excluding hydrogens is 370 g/mol. The van der Waals surface area contributed by atoms with E-state index in [9.17, 15) is 9.59 Å². The number of esters is 1. The normalized spacial score (nSPS) is 25.8. The number of H-pyrrole nitrogens is 1. The number of methoxy groups -OCH3 is 1. The maximum absolute atomic E-state index is 12.4. The van der Waals surface area contributed by atoms with Gasteiger partial charge in [-0.2, -0.15) is 0 Å². The van der Waals surface area contributed by atoms with Crippen LogP contribution in [0.15, 0.2) is 11.8 Å². The first-order valence-corrected chi connectivity index (χ1v) is 10.4. The number of allylic oxidation sites excluding steroid dienone is 1. The molecule has 3 aliphatic rings. The molecule has 3 fully saturated rings. The highest BCUT2D eigenvalue weighted by Gasteiger charge is 2.50. The van der Waals surface area contributed by atoms with Gasteiger partial charge in [0.2, 0.25) is 5.91 Å². The average Bonchev–Trinajstić information content (AvgIpc) is 3.65. The molecule has 1 aromatic heterocycles. The summed E-state index contributed by atoms with van der Waals surface area (Å²) in [7, 11) is 1.28. The van der Waals surface area contributed by atoms with Crippen LogP contribution in [0.1, 0.15) is 56.1 Å². The van der Waals surface area contributed by atoms with E-state index in [0.717, 1.165) is 23.7 Å². The van der Waals surface area contributed by atoms with Gasteiger partial charge in [-0.3, -0.25) is 9.59 Å². The Morgan fingerprint density at radius 3 is 2.62 bits per heavy atom. The van der Waals surface area contributed by atoms with Gasteiger partial charge < -0.3 is 26.2 Å². The topological polar surface area (TPSA) is 134 Å². The molecule has 0 aromatic carbocycles. The van der Waals surface area contributed by atoms with Crippen LogP contribution in [-0.4, -0.2) is 41.7 Å². The van der Waals surface area contributed by atoms with Gasteiger partial charge in [0.15, 0.2) is 5.41 Å². The molecule has 8 heteroatoms. The van der Waals surface area contributed by atoms with Crippen LogP contribution in [-0.2, 0) is 14.3 Å². The third-order valence-electron chi connectivity index (χ3n) is 6.58. The lowest BCUT2D eigenvalue weighted by Crippen LogP contribution is -2.40. The molecule has 2 saturated carbocycles. The molecule has 8 nitrogen and oxygen atoms in total. The van der Waals surface area contributed by atoms with Crippen molar-refractivity contribution in [1.29, 1.82) is 5.41 Å². The number of carbonyl (C=O) groups is 2. The van der Waals surface area contributed by atoms with Gasteiger partial charge in [0.25, 0.3) is 0 Å². The van der Waals surface area contributed by atoms with E-state index in [1.807, 2.05) is 0 Å². The zero-order valence-electron chi connectivity index (χ0n) is 16.7. The van der Waals surface area contributed by atoms with Crippen LogP contribution >= 0.6 is 0 Å². The van der Waals surface area contributed by atoms with Crippen LogP contribution in [0.25, 0.3) is 6.08 Å². The van der Waals surface area contributed by atoms with Crippen LogP contribution in [0.5, 0.6) is 0 Å². The third kappa shape index (κ3) is 3.85. The number of aromatic nitrogens is 2. The van der Waals surface area contributed by atoms with E-state index in [2.05, 4.69) is 15.3 Å². The van der Waals surface area contributed by atoms with Crippen LogP contribution in [0.3, 0.4) is 0 Å². The smallest absolute Gasteiger partial charge is 0.321 e. The summed E-state index contributed by atoms with van der Waals surface area (Å²) in [5, 5.41) is 10.5. The van der Waals surface area contributed by atoms with Crippen molar-refractivity contribution in [1.82, 2.24) is 15.3 Å². The van der Waals surface area contributed by atoms with Gasteiger partial charge in [-0.15, -0.1) is 0 Å². The number of carbonyl (C=O) groups excluding carboxylic acids is 2. The monoisotopic (exact) mass is 399 g/mol. The summed E-state index contributed by atoms with van der Waals surface area (Å²) in [6.07, 6.45) is 10.2. The van der Waals surface area contributed by atoms with E-state index in [0.29, 0.717) is 30.3 Å². The Kier molecular flexibility index (Phi) is 5.29. The molecule has 5 N–H and O–H groups in total. The first-order chi connectivity index (χ1) is 14.0. The van der Waals surface area contributed by atoms with Gasteiger partial charge >= 0.3 is 5.97 Å². The van der Waals surface area contributed by atoms with E-state index in [-0.39, 0.29) is 18.4 Å².